The predicted octanol–water partition coefficient (Wildman–Crippen LogP) is 2.68. The van der Waals surface area contributed by atoms with Crippen molar-refractivity contribution in [2.45, 2.75) is 25.6 Å². The van der Waals surface area contributed by atoms with Gasteiger partial charge in [0.15, 0.2) is 0 Å². The minimum absolute atomic E-state index is 0.164. The van der Waals surface area contributed by atoms with Crippen LogP contribution in [-0.4, -0.2) is 42.2 Å². The Morgan fingerprint density at radius 2 is 2.37 bits per heavy atom. The molecule has 0 bridgehead atoms. The molecule has 7 heteroatoms. The van der Waals surface area contributed by atoms with Crippen LogP contribution in [0.5, 0.6) is 0 Å². The van der Waals surface area contributed by atoms with Crippen LogP contribution in [0, 0.1) is 5.92 Å². The van der Waals surface area contributed by atoms with Gasteiger partial charge in [-0.1, -0.05) is 0 Å². The molecule has 3 nitrogen and oxygen atoms in total. The molecule has 1 fully saturated rings. The summed E-state index contributed by atoms with van der Waals surface area (Å²) in [5, 5.41) is 6.29. The van der Waals surface area contributed by atoms with E-state index < -0.39 is 12.7 Å². The minimum Gasteiger partial charge on any atom is -0.308 e. The highest BCUT2D eigenvalue weighted by Crippen LogP contribution is 2.23. The smallest absolute Gasteiger partial charge is 0.308 e. The lowest BCUT2D eigenvalue weighted by atomic mass is 10.1. The molecular formula is C12H18F3N3S. The van der Waals surface area contributed by atoms with Gasteiger partial charge in [-0.2, -0.15) is 13.2 Å². The number of hydrogen-bond donors (Lipinski definition) is 1. The maximum absolute atomic E-state index is 12.3. The topological polar surface area (TPSA) is 28.2 Å². The van der Waals surface area contributed by atoms with Crippen LogP contribution in [0.15, 0.2) is 11.6 Å². The molecule has 1 aromatic rings. The van der Waals surface area contributed by atoms with Gasteiger partial charge in [0, 0.05) is 18.1 Å². The Morgan fingerprint density at radius 1 is 1.58 bits per heavy atom. The Kier molecular flexibility index (Phi) is 4.81. The molecule has 0 saturated carbocycles. The van der Waals surface area contributed by atoms with Gasteiger partial charge in [-0.25, -0.2) is 4.98 Å². The summed E-state index contributed by atoms with van der Waals surface area (Å²) in [7, 11) is 0. The van der Waals surface area contributed by atoms with Crippen LogP contribution in [0.4, 0.5) is 13.2 Å². The highest BCUT2D eigenvalue weighted by molar-refractivity contribution is 7.09. The average Bonchev–Trinajstić information content (AvgIpc) is 2.94. The molecule has 1 aromatic heterocycles. The van der Waals surface area contributed by atoms with Crippen LogP contribution in [0.2, 0.25) is 0 Å². The van der Waals surface area contributed by atoms with Crippen molar-refractivity contribution in [1.82, 2.24) is 15.2 Å². The van der Waals surface area contributed by atoms with Crippen molar-refractivity contribution in [3.05, 3.63) is 16.6 Å². The van der Waals surface area contributed by atoms with E-state index in [-0.39, 0.29) is 6.04 Å². The van der Waals surface area contributed by atoms with Gasteiger partial charge in [0.2, 0.25) is 0 Å². The third kappa shape index (κ3) is 4.74. The van der Waals surface area contributed by atoms with Crippen LogP contribution < -0.4 is 5.32 Å². The number of alkyl halides is 3. The van der Waals surface area contributed by atoms with Crippen molar-refractivity contribution in [1.29, 1.82) is 0 Å². The predicted molar refractivity (Wildman–Crippen MR) is 69.1 cm³/mol. The van der Waals surface area contributed by atoms with E-state index in [0.717, 1.165) is 18.0 Å². The Bertz CT molecular complexity index is 380. The lowest BCUT2D eigenvalue weighted by Crippen LogP contribution is -2.34. The zero-order valence-electron chi connectivity index (χ0n) is 10.8. The van der Waals surface area contributed by atoms with Gasteiger partial charge in [0.05, 0.1) is 12.6 Å². The van der Waals surface area contributed by atoms with Gasteiger partial charge in [0.25, 0.3) is 0 Å². The maximum Gasteiger partial charge on any atom is 0.401 e. The number of aromatic nitrogens is 1. The second-order valence-corrected chi connectivity index (χ2v) is 5.93. The number of halogens is 3. The van der Waals surface area contributed by atoms with Crippen LogP contribution in [-0.2, 0) is 0 Å². The Balaban J connectivity index is 1.71. The normalized spacial score (nSPS) is 22.8. The van der Waals surface area contributed by atoms with Gasteiger partial charge >= 0.3 is 6.18 Å². The molecule has 0 radical (unpaired) electrons. The number of thiazole rings is 1. The van der Waals surface area contributed by atoms with Gasteiger partial charge < -0.3 is 5.32 Å². The summed E-state index contributed by atoms with van der Waals surface area (Å²) in [6.45, 7) is 3.05. The first-order chi connectivity index (χ1) is 8.94. The summed E-state index contributed by atoms with van der Waals surface area (Å²) < 4.78 is 36.8. The first-order valence-electron chi connectivity index (χ1n) is 6.36. The molecule has 1 aliphatic rings. The minimum atomic E-state index is -4.09. The molecule has 1 N–H and O–H groups in total. The van der Waals surface area contributed by atoms with Gasteiger partial charge in [-0.15, -0.1) is 11.3 Å². The van der Waals surface area contributed by atoms with Crippen molar-refractivity contribution >= 4 is 11.3 Å². The highest BCUT2D eigenvalue weighted by Gasteiger charge is 2.34. The Morgan fingerprint density at radius 3 is 3.00 bits per heavy atom. The zero-order chi connectivity index (χ0) is 13.9. The van der Waals surface area contributed by atoms with Crippen molar-refractivity contribution in [3.8, 4) is 0 Å². The SMILES string of the molecule is CC(NCC1CCN(CC(F)(F)F)C1)c1nccs1. The van der Waals surface area contributed by atoms with Crippen molar-refractivity contribution in [2.75, 3.05) is 26.2 Å². The summed E-state index contributed by atoms with van der Waals surface area (Å²) in [6, 6.07) is 0.164. The van der Waals surface area contributed by atoms with Crippen LogP contribution in [0.1, 0.15) is 24.4 Å². The van der Waals surface area contributed by atoms with Gasteiger partial charge in [-0.3, -0.25) is 4.90 Å². The Labute approximate surface area is 114 Å². The molecule has 108 valence electrons. The molecule has 2 heterocycles. The second kappa shape index (κ2) is 6.19. The summed E-state index contributed by atoms with van der Waals surface area (Å²) in [5.74, 6) is 0.296. The number of nitrogens with zero attached hydrogens (tertiary/aromatic N) is 2. The standard InChI is InChI=1S/C12H18F3N3S/c1-9(11-16-3-5-19-11)17-6-10-2-4-18(7-10)8-12(13,14)15/h3,5,9-10,17H,2,4,6-8H2,1H3. The van der Waals surface area contributed by atoms with Crippen molar-refractivity contribution in [3.63, 3.8) is 0 Å². The Hall–Kier alpha value is -0.660. The van der Waals surface area contributed by atoms with E-state index in [0.29, 0.717) is 19.0 Å². The zero-order valence-corrected chi connectivity index (χ0v) is 11.6. The molecule has 2 rings (SSSR count). The van der Waals surface area contributed by atoms with Crippen molar-refractivity contribution in [2.24, 2.45) is 5.92 Å². The van der Waals surface area contributed by atoms with Crippen LogP contribution >= 0.6 is 11.3 Å². The highest BCUT2D eigenvalue weighted by atomic mass is 32.1. The molecule has 0 aliphatic carbocycles. The molecule has 0 aromatic carbocycles. The van der Waals surface area contributed by atoms with E-state index >= 15 is 0 Å². The summed E-state index contributed by atoms with van der Waals surface area (Å²) >= 11 is 1.59. The van der Waals surface area contributed by atoms with E-state index in [4.69, 9.17) is 0 Å². The van der Waals surface area contributed by atoms with Crippen LogP contribution in [0.25, 0.3) is 0 Å². The molecule has 2 unspecified atom stereocenters. The monoisotopic (exact) mass is 293 g/mol. The number of hydrogen-bond acceptors (Lipinski definition) is 4. The van der Waals surface area contributed by atoms with E-state index in [1.54, 1.807) is 17.5 Å². The maximum atomic E-state index is 12.3. The lowest BCUT2D eigenvalue weighted by Gasteiger charge is -2.19. The quantitative estimate of drug-likeness (QED) is 0.904. The molecule has 19 heavy (non-hydrogen) atoms. The third-order valence-electron chi connectivity index (χ3n) is 3.31. The van der Waals surface area contributed by atoms with E-state index in [1.807, 2.05) is 12.3 Å². The fourth-order valence-electron chi connectivity index (χ4n) is 2.36. The summed E-state index contributed by atoms with van der Waals surface area (Å²) in [5.41, 5.74) is 0. The van der Waals surface area contributed by atoms with E-state index in [2.05, 4.69) is 10.3 Å². The molecule has 0 amide bonds. The number of likely N-dealkylation sites (tertiary alicyclic amines) is 1. The van der Waals surface area contributed by atoms with E-state index in [9.17, 15) is 13.2 Å². The molecule has 2 atom stereocenters. The molecular weight excluding hydrogens is 275 g/mol. The molecule has 1 saturated heterocycles. The molecule has 0 spiro atoms. The van der Waals surface area contributed by atoms with Crippen molar-refractivity contribution < 1.29 is 13.2 Å². The second-order valence-electron chi connectivity index (χ2n) is 5.01. The summed E-state index contributed by atoms with van der Waals surface area (Å²) in [4.78, 5) is 5.71. The van der Waals surface area contributed by atoms with Gasteiger partial charge in [0.1, 0.15) is 5.01 Å². The summed E-state index contributed by atoms with van der Waals surface area (Å²) in [6.07, 6.45) is -1.50. The first kappa shape index (κ1) is 14.7. The van der Waals surface area contributed by atoms with E-state index in [1.165, 1.54) is 4.90 Å². The first-order valence-corrected chi connectivity index (χ1v) is 7.24. The van der Waals surface area contributed by atoms with Crippen LogP contribution in [0.3, 0.4) is 0 Å². The average molecular weight is 293 g/mol. The third-order valence-corrected chi connectivity index (χ3v) is 4.27. The molecule has 1 aliphatic heterocycles. The number of nitrogens with one attached hydrogen (secondary N) is 1. The lowest BCUT2D eigenvalue weighted by molar-refractivity contribution is -0.143. The largest absolute Gasteiger partial charge is 0.401 e. The van der Waals surface area contributed by atoms with Gasteiger partial charge in [-0.05, 0) is 32.4 Å². The fraction of sp³-hybridized carbons (Fsp3) is 0.750. The number of rotatable bonds is 5. The fourth-order valence-corrected chi connectivity index (χ4v) is 3.03.